The number of carbonyl (C=O) groups excluding carboxylic acids is 2. The normalized spacial score (nSPS) is 15.2. The summed E-state index contributed by atoms with van der Waals surface area (Å²) in [4.78, 5) is 28.1. The summed E-state index contributed by atoms with van der Waals surface area (Å²) in [6.07, 6.45) is 1.19. The number of benzene rings is 2. The standard InChI is InChI=1S/C29H38F3N3O5S/c1-21(28(37)33-24-10-5-4-6-11-24)34(20-22-14-16-26(40-2)17-15-22)27(36)13-8-18-35(41(3,38)39)25-12-7-9-23(19-25)29(30,31)32/h7,9,12,14-17,19,21,24H,4-6,8,10-11,13,18,20H2,1-3H3,(H,33,37)/t21-/m0/s1. The van der Waals surface area contributed by atoms with E-state index in [0.29, 0.717) is 5.75 Å². The number of carbonyl (C=O) groups is 2. The first-order chi connectivity index (χ1) is 19.3. The van der Waals surface area contributed by atoms with Crippen LogP contribution in [0.2, 0.25) is 0 Å². The minimum Gasteiger partial charge on any atom is -0.497 e. The van der Waals surface area contributed by atoms with Gasteiger partial charge in [-0.25, -0.2) is 8.42 Å². The molecule has 1 aliphatic carbocycles. The van der Waals surface area contributed by atoms with Crippen molar-refractivity contribution in [1.29, 1.82) is 0 Å². The average molecular weight is 598 g/mol. The Kier molecular flexibility index (Phi) is 11.1. The second-order valence-corrected chi connectivity index (χ2v) is 12.3. The van der Waals surface area contributed by atoms with Gasteiger partial charge in [0.15, 0.2) is 0 Å². The molecular weight excluding hydrogens is 559 g/mol. The number of halogens is 3. The first-order valence-electron chi connectivity index (χ1n) is 13.7. The number of hydrogen-bond donors (Lipinski definition) is 1. The lowest BCUT2D eigenvalue weighted by molar-refractivity contribution is -0.141. The van der Waals surface area contributed by atoms with Crippen LogP contribution in [-0.4, -0.2) is 57.1 Å². The van der Waals surface area contributed by atoms with Gasteiger partial charge in [0.1, 0.15) is 11.8 Å². The molecule has 1 N–H and O–H groups in total. The summed E-state index contributed by atoms with van der Waals surface area (Å²) in [6, 6.07) is 10.4. The van der Waals surface area contributed by atoms with Crippen LogP contribution in [0.25, 0.3) is 0 Å². The van der Waals surface area contributed by atoms with Crippen molar-refractivity contribution in [2.45, 2.75) is 76.7 Å². The third kappa shape index (κ3) is 9.37. The lowest BCUT2D eigenvalue weighted by Gasteiger charge is -2.31. The molecule has 2 amide bonds. The van der Waals surface area contributed by atoms with Gasteiger partial charge in [0.2, 0.25) is 21.8 Å². The van der Waals surface area contributed by atoms with Crippen molar-refractivity contribution < 1.29 is 35.9 Å². The Labute approximate surface area is 239 Å². The van der Waals surface area contributed by atoms with Crippen molar-refractivity contribution in [2.75, 3.05) is 24.2 Å². The van der Waals surface area contributed by atoms with Crippen molar-refractivity contribution in [3.8, 4) is 5.75 Å². The van der Waals surface area contributed by atoms with Gasteiger partial charge < -0.3 is 15.0 Å². The second kappa shape index (κ2) is 14.1. The minimum atomic E-state index is -4.63. The fourth-order valence-corrected chi connectivity index (χ4v) is 5.88. The van der Waals surface area contributed by atoms with Gasteiger partial charge in [-0.15, -0.1) is 0 Å². The molecule has 8 nitrogen and oxygen atoms in total. The quantitative estimate of drug-likeness (QED) is 0.366. The Morgan fingerprint density at radius 2 is 1.73 bits per heavy atom. The van der Waals surface area contributed by atoms with Crippen LogP contribution >= 0.6 is 0 Å². The molecule has 226 valence electrons. The van der Waals surface area contributed by atoms with E-state index in [0.717, 1.165) is 66.4 Å². The van der Waals surface area contributed by atoms with Crippen LogP contribution in [0.3, 0.4) is 0 Å². The van der Waals surface area contributed by atoms with Crippen molar-refractivity contribution in [2.24, 2.45) is 0 Å². The number of sulfonamides is 1. The van der Waals surface area contributed by atoms with Crippen molar-refractivity contribution in [3.63, 3.8) is 0 Å². The zero-order chi connectivity index (χ0) is 30.2. The number of amides is 2. The molecule has 0 spiro atoms. The molecule has 12 heteroatoms. The summed E-state index contributed by atoms with van der Waals surface area (Å²) in [5, 5.41) is 3.06. The van der Waals surface area contributed by atoms with E-state index in [4.69, 9.17) is 4.74 Å². The lowest BCUT2D eigenvalue weighted by Crippen LogP contribution is -2.50. The Morgan fingerprint density at radius 3 is 2.32 bits per heavy atom. The molecule has 3 rings (SSSR count). The minimum absolute atomic E-state index is 0.0399. The van der Waals surface area contributed by atoms with E-state index in [1.165, 1.54) is 11.0 Å². The Morgan fingerprint density at radius 1 is 1.07 bits per heavy atom. The van der Waals surface area contributed by atoms with Gasteiger partial charge in [0.25, 0.3) is 0 Å². The molecule has 2 aromatic carbocycles. The summed E-state index contributed by atoms with van der Waals surface area (Å²) in [7, 11) is -2.39. The number of methoxy groups -OCH3 is 1. The summed E-state index contributed by atoms with van der Waals surface area (Å²) in [5.41, 5.74) is -0.327. The van der Waals surface area contributed by atoms with E-state index in [9.17, 15) is 31.2 Å². The number of nitrogens with one attached hydrogen (secondary N) is 1. The maximum Gasteiger partial charge on any atom is 0.416 e. The van der Waals surface area contributed by atoms with Crippen molar-refractivity contribution in [3.05, 3.63) is 59.7 Å². The van der Waals surface area contributed by atoms with Crippen LogP contribution in [0, 0.1) is 0 Å². The van der Waals surface area contributed by atoms with Gasteiger partial charge in [-0.3, -0.25) is 13.9 Å². The fraction of sp³-hybridized carbons (Fsp3) is 0.517. The Hall–Kier alpha value is -3.28. The predicted octanol–water partition coefficient (Wildman–Crippen LogP) is 5.13. The van der Waals surface area contributed by atoms with Crippen LogP contribution < -0.4 is 14.4 Å². The molecule has 41 heavy (non-hydrogen) atoms. The van der Waals surface area contributed by atoms with Crippen molar-refractivity contribution >= 4 is 27.5 Å². The highest BCUT2D eigenvalue weighted by Gasteiger charge is 2.32. The number of anilines is 1. The summed E-state index contributed by atoms with van der Waals surface area (Å²) in [6.45, 7) is 1.60. The molecule has 1 fully saturated rings. The second-order valence-electron chi connectivity index (χ2n) is 10.4. The molecule has 0 aromatic heterocycles. The number of rotatable bonds is 12. The highest BCUT2D eigenvalue weighted by molar-refractivity contribution is 7.92. The van der Waals surface area contributed by atoms with Crippen LogP contribution in [0.1, 0.15) is 63.0 Å². The molecule has 0 bridgehead atoms. The van der Waals surface area contributed by atoms with Crippen LogP contribution in [0.4, 0.5) is 18.9 Å². The summed E-state index contributed by atoms with van der Waals surface area (Å²) in [5.74, 6) is 0.00951. The third-order valence-electron chi connectivity index (χ3n) is 7.24. The molecule has 0 unspecified atom stereocenters. The maximum absolute atomic E-state index is 13.5. The molecule has 1 aliphatic rings. The topological polar surface area (TPSA) is 96.0 Å². The third-order valence-corrected chi connectivity index (χ3v) is 8.44. The zero-order valence-corrected chi connectivity index (χ0v) is 24.4. The van der Waals surface area contributed by atoms with Gasteiger partial charge in [0.05, 0.1) is 24.6 Å². The highest BCUT2D eigenvalue weighted by Crippen LogP contribution is 2.32. The monoisotopic (exact) mass is 597 g/mol. The van der Waals surface area contributed by atoms with Gasteiger partial charge in [-0.2, -0.15) is 13.2 Å². The number of alkyl halides is 3. The van der Waals surface area contributed by atoms with Gasteiger partial charge in [-0.1, -0.05) is 37.5 Å². The lowest BCUT2D eigenvalue weighted by atomic mass is 9.95. The molecule has 0 heterocycles. The number of nitrogens with zero attached hydrogens (tertiary/aromatic N) is 2. The van der Waals surface area contributed by atoms with E-state index in [2.05, 4.69) is 5.32 Å². The van der Waals surface area contributed by atoms with Gasteiger partial charge in [0, 0.05) is 25.6 Å². The maximum atomic E-state index is 13.5. The predicted molar refractivity (Wildman–Crippen MR) is 151 cm³/mol. The SMILES string of the molecule is COc1ccc(CN(C(=O)CCCN(c2cccc(C(F)(F)F)c2)S(C)(=O)=O)[C@@H](C)C(=O)NC2CCCCC2)cc1. The number of ether oxygens (including phenoxy) is 1. The van der Waals surface area contributed by atoms with Crippen molar-refractivity contribution in [1.82, 2.24) is 10.2 Å². The highest BCUT2D eigenvalue weighted by atomic mass is 32.2. The first kappa shape index (κ1) is 32.2. The number of hydrogen-bond acceptors (Lipinski definition) is 5. The largest absolute Gasteiger partial charge is 0.497 e. The average Bonchev–Trinajstić information content (AvgIpc) is 2.93. The molecule has 0 radical (unpaired) electrons. The van der Waals surface area contributed by atoms with E-state index < -0.39 is 27.8 Å². The molecule has 1 saturated carbocycles. The fourth-order valence-electron chi connectivity index (χ4n) is 4.92. The molecule has 0 saturated heterocycles. The van der Waals surface area contributed by atoms with Crippen LogP contribution in [0.5, 0.6) is 5.75 Å². The zero-order valence-electron chi connectivity index (χ0n) is 23.6. The Balaban J connectivity index is 1.75. The van der Waals surface area contributed by atoms with E-state index in [-0.39, 0.29) is 49.5 Å². The van der Waals surface area contributed by atoms with Crippen LogP contribution in [0.15, 0.2) is 48.5 Å². The molecule has 0 aliphatic heterocycles. The van der Waals surface area contributed by atoms with E-state index in [1.807, 2.05) is 0 Å². The molecular formula is C29H38F3N3O5S. The smallest absolute Gasteiger partial charge is 0.416 e. The van der Waals surface area contributed by atoms with Gasteiger partial charge in [-0.05, 0) is 62.1 Å². The first-order valence-corrected chi connectivity index (χ1v) is 15.5. The van der Waals surface area contributed by atoms with E-state index >= 15 is 0 Å². The molecule has 2 aromatic rings. The Bertz CT molecular complexity index is 1280. The van der Waals surface area contributed by atoms with Crippen LogP contribution in [-0.2, 0) is 32.3 Å². The molecule has 1 atom stereocenters. The van der Waals surface area contributed by atoms with Gasteiger partial charge >= 0.3 is 6.18 Å². The van der Waals surface area contributed by atoms with E-state index in [1.54, 1.807) is 38.3 Å². The summed E-state index contributed by atoms with van der Waals surface area (Å²) >= 11 is 0. The summed E-state index contributed by atoms with van der Waals surface area (Å²) < 4.78 is 70.7.